The van der Waals surface area contributed by atoms with Crippen LogP contribution >= 0.6 is 0 Å². The van der Waals surface area contributed by atoms with Gasteiger partial charge in [0.2, 0.25) is 5.91 Å². The Morgan fingerprint density at radius 2 is 2.35 bits per heavy atom. The van der Waals surface area contributed by atoms with E-state index in [1.54, 1.807) is 11.9 Å². The fourth-order valence-electron chi connectivity index (χ4n) is 2.15. The molecule has 1 aliphatic heterocycles. The van der Waals surface area contributed by atoms with E-state index in [4.69, 9.17) is 0 Å². The summed E-state index contributed by atoms with van der Waals surface area (Å²) in [7, 11) is 1.79. The summed E-state index contributed by atoms with van der Waals surface area (Å²) in [6.07, 6.45) is 1.06. The minimum absolute atomic E-state index is 0.0555. The summed E-state index contributed by atoms with van der Waals surface area (Å²) in [4.78, 5) is 18.0. The van der Waals surface area contributed by atoms with Gasteiger partial charge in [-0.2, -0.15) is 5.10 Å². The molecule has 1 aromatic rings. The van der Waals surface area contributed by atoms with E-state index in [1.807, 2.05) is 6.92 Å². The molecule has 0 bridgehead atoms. The summed E-state index contributed by atoms with van der Waals surface area (Å²) in [6, 6.07) is -0.0555. The molecule has 2 rings (SSSR count). The second-order valence-corrected chi connectivity index (χ2v) is 4.73. The van der Waals surface area contributed by atoms with Crippen LogP contribution in [0.25, 0.3) is 0 Å². The van der Waals surface area contributed by atoms with E-state index in [2.05, 4.69) is 27.4 Å². The van der Waals surface area contributed by atoms with Gasteiger partial charge in [0.1, 0.15) is 5.82 Å². The van der Waals surface area contributed by atoms with Crippen LogP contribution in [0, 0.1) is 12.8 Å². The fraction of sp³-hybridized carbons (Fsp3) is 0.727. The molecule has 6 nitrogen and oxygen atoms in total. The Morgan fingerprint density at radius 1 is 1.59 bits per heavy atom. The summed E-state index contributed by atoms with van der Waals surface area (Å²) in [6.45, 7) is 5.32. The molecule has 94 valence electrons. The van der Waals surface area contributed by atoms with Gasteiger partial charge in [-0.3, -0.25) is 9.89 Å². The van der Waals surface area contributed by atoms with Gasteiger partial charge in [0, 0.05) is 7.05 Å². The lowest BCUT2D eigenvalue weighted by atomic mass is 10.0. The van der Waals surface area contributed by atoms with Crippen LogP contribution in [-0.4, -0.2) is 45.6 Å². The van der Waals surface area contributed by atoms with Crippen LogP contribution in [0.4, 0.5) is 0 Å². The van der Waals surface area contributed by atoms with Crippen molar-refractivity contribution in [2.45, 2.75) is 32.9 Å². The summed E-state index contributed by atoms with van der Waals surface area (Å²) in [5, 5.41) is 10.0. The van der Waals surface area contributed by atoms with Gasteiger partial charge < -0.3 is 10.2 Å². The smallest absolute Gasteiger partial charge is 0.240 e. The monoisotopic (exact) mass is 237 g/mol. The van der Waals surface area contributed by atoms with Gasteiger partial charge in [-0.05, 0) is 25.8 Å². The van der Waals surface area contributed by atoms with Crippen molar-refractivity contribution in [2.75, 3.05) is 13.6 Å². The van der Waals surface area contributed by atoms with Crippen LogP contribution in [0.15, 0.2) is 0 Å². The molecule has 0 radical (unpaired) electrons. The van der Waals surface area contributed by atoms with Gasteiger partial charge in [-0.25, -0.2) is 4.98 Å². The maximum absolute atomic E-state index is 12.2. The molecule has 2 N–H and O–H groups in total. The highest BCUT2D eigenvalue weighted by Gasteiger charge is 2.31. The molecule has 1 saturated heterocycles. The van der Waals surface area contributed by atoms with E-state index in [0.29, 0.717) is 18.3 Å². The van der Waals surface area contributed by atoms with Crippen LogP contribution in [0.5, 0.6) is 0 Å². The molecule has 1 fully saturated rings. The van der Waals surface area contributed by atoms with Gasteiger partial charge in [-0.1, -0.05) is 6.92 Å². The Balaban J connectivity index is 1.95. The Morgan fingerprint density at radius 3 is 2.88 bits per heavy atom. The standard InChI is InChI=1S/C11H19N5O/c1-7-4-5-12-10(7)11(17)16(3)6-9-13-8(2)14-15-9/h7,10,12H,4-6H2,1-3H3,(H,13,14,15). The zero-order valence-electron chi connectivity index (χ0n) is 10.5. The maximum atomic E-state index is 12.2. The Bertz CT molecular complexity index is 402. The second kappa shape index (κ2) is 4.83. The summed E-state index contributed by atoms with van der Waals surface area (Å²) < 4.78 is 0. The number of rotatable bonds is 3. The molecular formula is C11H19N5O. The number of likely N-dealkylation sites (N-methyl/N-ethyl adjacent to an activating group) is 1. The minimum Gasteiger partial charge on any atom is -0.337 e. The number of nitrogens with zero attached hydrogens (tertiary/aromatic N) is 3. The lowest BCUT2D eigenvalue weighted by Crippen LogP contribution is -2.44. The quantitative estimate of drug-likeness (QED) is 0.780. The molecule has 0 spiro atoms. The number of H-pyrrole nitrogens is 1. The first-order valence-corrected chi connectivity index (χ1v) is 5.94. The van der Waals surface area contributed by atoms with Crippen LogP contribution in [0.3, 0.4) is 0 Å². The number of aryl methyl sites for hydroxylation is 1. The number of amides is 1. The maximum Gasteiger partial charge on any atom is 0.240 e. The van der Waals surface area contributed by atoms with Crippen molar-refractivity contribution in [2.24, 2.45) is 5.92 Å². The first-order chi connectivity index (χ1) is 8.08. The van der Waals surface area contributed by atoms with Crippen molar-refractivity contribution in [3.63, 3.8) is 0 Å². The lowest BCUT2D eigenvalue weighted by Gasteiger charge is -2.22. The number of aromatic amines is 1. The first-order valence-electron chi connectivity index (χ1n) is 5.94. The highest BCUT2D eigenvalue weighted by Crippen LogP contribution is 2.16. The molecule has 2 heterocycles. The van der Waals surface area contributed by atoms with E-state index in [9.17, 15) is 4.79 Å². The summed E-state index contributed by atoms with van der Waals surface area (Å²) >= 11 is 0. The normalized spacial score (nSPS) is 23.9. The Labute approximate surface area is 101 Å². The first kappa shape index (κ1) is 12.0. The number of hydrogen-bond donors (Lipinski definition) is 2. The molecule has 0 saturated carbocycles. The third-order valence-corrected chi connectivity index (χ3v) is 3.20. The van der Waals surface area contributed by atoms with Gasteiger partial charge in [0.25, 0.3) is 0 Å². The van der Waals surface area contributed by atoms with E-state index in [-0.39, 0.29) is 11.9 Å². The van der Waals surface area contributed by atoms with Gasteiger partial charge in [0.05, 0.1) is 12.6 Å². The predicted molar refractivity (Wildman–Crippen MR) is 63.2 cm³/mol. The third kappa shape index (κ3) is 2.63. The van der Waals surface area contributed by atoms with Crippen molar-refractivity contribution in [1.29, 1.82) is 0 Å². The number of carbonyl (C=O) groups is 1. The Kier molecular flexibility index (Phi) is 3.42. The van der Waals surface area contributed by atoms with Gasteiger partial charge in [0.15, 0.2) is 5.82 Å². The van der Waals surface area contributed by atoms with E-state index in [1.165, 1.54) is 0 Å². The van der Waals surface area contributed by atoms with Crippen molar-refractivity contribution < 1.29 is 4.79 Å². The van der Waals surface area contributed by atoms with Gasteiger partial charge in [-0.15, -0.1) is 0 Å². The van der Waals surface area contributed by atoms with Crippen LogP contribution < -0.4 is 5.32 Å². The summed E-state index contributed by atoms with van der Waals surface area (Å²) in [5.74, 6) is 1.95. The van der Waals surface area contributed by atoms with E-state index in [0.717, 1.165) is 18.8 Å². The van der Waals surface area contributed by atoms with Crippen molar-refractivity contribution >= 4 is 5.91 Å². The van der Waals surface area contributed by atoms with E-state index >= 15 is 0 Å². The van der Waals surface area contributed by atoms with Gasteiger partial charge >= 0.3 is 0 Å². The highest BCUT2D eigenvalue weighted by molar-refractivity contribution is 5.82. The van der Waals surface area contributed by atoms with Crippen LogP contribution in [-0.2, 0) is 11.3 Å². The van der Waals surface area contributed by atoms with Crippen molar-refractivity contribution in [3.05, 3.63) is 11.6 Å². The number of carbonyl (C=O) groups excluding carboxylic acids is 1. The largest absolute Gasteiger partial charge is 0.337 e. The van der Waals surface area contributed by atoms with E-state index < -0.39 is 0 Å². The molecule has 1 amide bonds. The average Bonchev–Trinajstić information content (AvgIpc) is 2.86. The molecule has 1 aliphatic rings. The molecule has 1 aromatic heterocycles. The number of hydrogen-bond acceptors (Lipinski definition) is 4. The second-order valence-electron chi connectivity index (χ2n) is 4.73. The molecule has 17 heavy (non-hydrogen) atoms. The zero-order chi connectivity index (χ0) is 12.4. The fourth-order valence-corrected chi connectivity index (χ4v) is 2.15. The molecule has 0 aromatic carbocycles. The number of nitrogens with one attached hydrogen (secondary N) is 2. The molecule has 2 atom stereocenters. The van der Waals surface area contributed by atoms with Crippen molar-refractivity contribution in [1.82, 2.24) is 25.4 Å². The van der Waals surface area contributed by atoms with Crippen LogP contribution in [0.2, 0.25) is 0 Å². The Hall–Kier alpha value is -1.43. The predicted octanol–water partition coefficient (Wildman–Crippen LogP) is 0.0695. The summed E-state index contributed by atoms with van der Waals surface area (Å²) in [5.41, 5.74) is 0. The SMILES string of the molecule is Cc1nc(CN(C)C(=O)C2NCCC2C)n[nH]1. The third-order valence-electron chi connectivity index (χ3n) is 3.20. The topological polar surface area (TPSA) is 73.9 Å². The highest BCUT2D eigenvalue weighted by atomic mass is 16.2. The minimum atomic E-state index is -0.0555. The lowest BCUT2D eigenvalue weighted by molar-refractivity contribution is -0.133. The average molecular weight is 237 g/mol. The van der Waals surface area contributed by atoms with Crippen LogP contribution in [0.1, 0.15) is 25.0 Å². The molecular weight excluding hydrogens is 218 g/mol. The zero-order valence-corrected chi connectivity index (χ0v) is 10.5. The molecule has 2 unspecified atom stereocenters. The van der Waals surface area contributed by atoms with Crippen molar-refractivity contribution in [3.8, 4) is 0 Å². The molecule has 6 heteroatoms. The molecule has 0 aliphatic carbocycles. The number of aromatic nitrogens is 3.